The van der Waals surface area contributed by atoms with Crippen molar-refractivity contribution in [3.63, 3.8) is 0 Å². The molecule has 2 amide bonds. The molecule has 0 aliphatic rings. The molecule has 0 fully saturated rings. The summed E-state index contributed by atoms with van der Waals surface area (Å²) in [6.45, 7) is 0.498. The summed E-state index contributed by atoms with van der Waals surface area (Å²) >= 11 is 4.83. The molecule has 1 aromatic heterocycles. The molecule has 0 spiro atoms. The van der Waals surface area contributed by atoms with Crippen molar-refractivity contribution in [2.24, 2.45) is 0 Å². The second-order valence-corrected chi connectivity index (χ2v) is 7.02. The Hall–Kier alpha value is -1.73. The van der Waals surface area contributed by atoms with Crippen molar-refractivity contribution in [2.75, 3.05) is 26.9 Å². The first kappa shape index (κ1) is 18.6. The third-order valence-corrected chi connectivity index (χ3v) is 4.68. The van der Waals surface area contributed by atoms with E-state index in [-0.39, 0.29) is 24.1 Å². The molecule has 7 heteroatoms. The Bertz CT molecular complexity index is 715. The van der Waals surface area contributed by atoms with Crippen LogP contribution in [0.15, 0.2) is 50.4 Å². The van der Waals surface area contributed by atoms with E-state index < -0.39 is 0 Å². The summed E-state index contributed by atoms with van der Waals surface area (Å²) in [6.07, 6.45) is 2.02. The summed E-state index contributed by atoms with van der Waals surface area (Å²) in [5, 5.41) is 0. The van der Waals surface area contributed by atoms with Gasteiger partial charge in [-0.1, -0.05) is 12.1 Å². The normalized spacial score (nSPS) is 10.5. The van der Waals surface area contributed by atoms with E-state index in [0.717, 1.165) is 5.56 Å². The monoisotopic (exact) mass is 410 g/mol. The summed E-state index contributed by atoms with van der Waals surface area (Å²) in [7, 11) is 3.31. The fraction of sp³-hybridized carbons (Fsp3) is 0.294. The van der Waals surface area contributed by atoms with E-state index in [1.165, 1.54) is 9.80 Å². The minimum atomic E-state index is -0.327. The van der Waals surface area contributed by atoms with E-state index >= 15 is 0 Å². The van der Waals surface area contributed by atoms with Gasteiger partial charge in [0, 0.05) is 25.5 Å². The van der Waals surface area contributed by atoms with Crippen molar-refractivity contribution < 1.29 is 14.0 Å². The third-order valence-electron chi connectivity index (χ3n) is 3.51. The maximum atomic E-state index is 12.3. The Morgan fingerprint density at radius 2 is 1.75 bits per heavy atom. The maximum Gasteiger partial charge on any atom is 0.289 e. The zero-order valence-corrected chi connectivity index (χ0v) is 16.2. The minimum absolute atomic E-state index is 0.00342. The lowest BCUT2D eigenvalue weighted by Crippen LogP contribution is -2.39. The number of carbonyl (C=O) groups excluding carboxylic acids is 2. The van der Waals surface area contributed by atoms with Crippen LogP contribution in [0, 0.1) is 0 Å². The number of halogens is 1. The lowest BCUT2D eigenvalue weighted by Gasteiger charge is -2.21. The highest BCUT2D eigenvalue weighted by molar-refractivity contribution is 9.10. The largest absolute Gasteiger partial charge is 0.444 e. The Labute approximate surface area is 154 Å². The molecule has 0 unspecified atom stereocenters. The fourth-order valence-electron chi connectivity index (χ4n) is 2.11. The van der Waals surface area contributed by atoms with Gasteiger partial charge < -0.3 is 14.2 Å². The second-order valence-electron chi connectivity index (χ2n) is 5.36. The van der Waals surface area contributed by atoms with Crippen molar-refractivity contribution >= 4 is 39.5 Å². The molecule has 0 atom stereocenters. The zero-order chi connectivity index (χ0) is 17.7. The summed E-state index contributed by atoms with van der Waals surface area (Å²) < 4.78 is 5.71. The minimum Gasteiger partial charge on any atom is -0.444 e. The van der Waals surface area contributed by atoms with Gasteiger partial charge in [0.25, 0.3) is 5.91 Å². The van der Waals surface area contributed by atoms with Gasteiger partial charge in [-0.2, -0.15) is 0 Å². The van der Waals surface area contributed by atoms with Gasteiger partial charge in [0.05, 0.1) is 6.54 Å². The van der Waals surface area contributed by atoms with Crippen molar-refractivity contribution in [3.05, 3.63) is 52.4 Å². The zero-order valence-electron chi connectivity index (χ0n) is 13.8. The smallest absolute Gasteiger partial charge is 0.289 e. The molecule has 0 saturated carbocycles. The van der Waals surface area contributed by atoms with E-state index in [9.17, 15) is 9.59 Å². The Morgan fingerprint density at radius 3 is 2.29 bits per heavy atom. The number of furan rings is 1. The van der Waals surface area contributed by atoms with Crippen LogP contribution in [0.2, 0.25) is 0 Å². The van der Waals surface area contributed by atoms with Crippen molar-refractivity contribution in [3.8, 4) is 0 Å². The van der Waals surface area contributed by atoms with Gasteiger partial charge >= 0.3 is 0 Å². The number of benzene rings is 1. The van der Waals surface area contributed by atoms with Gasteiger partial charge in [0.1, 0.15) is 0 Å². The fourth-order valence-corrected chi connectivity index (χ4v) is 2.82. The van der Waals surface area contributed by atoms with Crippen molar-refractivity contribution in [2.45, 2.75) is 11.4 Å². The van der Waals surface area contributed by atoms with Crippen LogP contribution in [0.1, 0.15) is 16.1 Å². The Balaban J connectivity index is 1.91. The molecule has 2 rings (SSSR count). The standard InChI is InChI=1S/C17H19BrN2O3S/c1-19(10-12-4-6-13(24-3)7-5-12)16(21)11-20(2)17(22)14-8-9-15(18)23-14/h4-9H,10-11H2,1-3H3. The number of carbonyl (C=O) groups is 2. The number of likely N-dealkylation sites (N-methyl/N-ethyl adjacent to an activating group) is 2. The SMILES string of the molecule is CSc1ccc(CN(C)C(=O)CN(C)C(=O)c2ccc(Br)o2)cc1. The van der Waals surface area contributed by atoms with Crippen LogP contribution in [0.3, 0.4) is 0 Å². The summed E-state index contributed by atoms with van der Waals surface area (Å²) in [5.74, 6) is -0.260. The number of hydrogen-bond acceptors (Lipinski definition) is 4. The van der Waals surface area contributed by atoms with E-state index in [0.29, 0.717) is 11.2 Å². The number of hydrogen-bond donors (Lipinski definition) is 0. The summed E-state index contributed by atoms with van der Waals surface area (Å²) in [5.41, 5.74) is 1.05. The molecule has 0 aliphatic carbocycles. The van der Waals surface area contributed by atoms with Crippen LogP contribution in [0.25, 0.3) is 0 Å². The van der Waals surface area contributed by atoms with Crippen LogP contribution < -0.4 is 0 Å². The predicted molar refractivity (Wildman–Crippen MR) is 98.1 cm³/mol. The quantitative estimate of drug-likeness (QED) is 0.683. The van der Waals surface area contributed by atoms with Crippen molar-refractivity contribution in [1.29, 1.82) is 0 Å². The number of rotatable bonds is 6. The molecule has 24 heavy (non-hydrogen) atoms. The van der Waals surface area contributed by atoms with Gasteiger partial charge in [0.2, 0.25) is 5.91 Å². The van der Waals surface area contributed by atoms with Crippen LogP contribution in [0.4, 0.5) is 0 Å². The second kappa shape index (κ2) is 8.39. The molecule has 1 heterocycles. The number of thioether (sulfide) groups is 1. The predicted octanol–water partition coefficient (Wildman–Crippen LogP) is 3.49. The molecule has 0 bridgehead atoms. The molecule has 0 N–H and O–H groups in total. The highest BCUT2D eigenvalue weighted by Gasteiger charge is 2.20. The first-order valence-electron chi connectivity index (χ1n) is 7.28. The van der Waals surface area contributed by atoms with Gasteiger partial charge in [0.15, 0.2) is 10.4 Å². The van der Waals surface area contributed by atoms with Crippen LogP contribution >= 0.6 is 27.7 Å². The van der Waals surface area contributed by atoms with Gasteiger partial charge in [-0.05, 0) is 52.0 Å². The average Bonchev–Trinajstić information content (AvgIpc) is 3.01. The molecule has 0 saturated heterocycles. The summed E-state index contributed by atoms with van der Waals surface area (Å²) in [4.78, 5) is 28.6. The molecular weight excluding hydrogens is 392 g/mol. The lowest BCUT2D eigenvalue weighted by molar-refractivity contribution is -0.130. The first-order chi connectivity index (χ1) is 11.4. The van der Waals surface area contributed by atoms with E-state index in [2.05, 4.69) is 15.9 Å². The van der Waals surface area contributed by atoms with Crippen LogP contribution in [0.5, 0.6) is 0 Å². The van der Waals surface area contributed by atoms with Crippen LogP contribution in [-0.2, 0) is 11.3 Å². The molecule has 0 aliphatic heterocycles. The molecule has 2 aromatic rings. The van der Waals surface area contributed by atoms with Gasteiger partial charge in [-0.3, -0.25) is 9.59 Å². The molecule has 0 radical (unpaired) electrons. The highest BCUT2D eigenvalue weighted by atomic mass is 79.9. The highest BCUT2D eigenvalue weighted by Crippen LogP contribution is 2.17. The van der Waals surface area contributed by atoms with E-state index in [4.69, 9.17) is 4.42 Å². The van der Waals surface area contributed by atoms with E-state index in [1.807, 2.05) is 30.5 Å². The van der Waals surface area contributed by atoms with Gasteiger partial charge in [-0.25, -0.2) is 0 Å². The molecule has 128 valence electrons. The first-order valence-corrected chi connectivity index (χ1v) is 9.30. The topological polar surface area (TPSA) is 53.8 Å². The van der Waals surface area contributed by atoms with E-state index in [1.54, 1.807) is 42.9 Å². The number of amides is 2. The Morgan fingerprint density at radius 1 is 1.08 bits per heavy atom. The molecule has 5 nitrogen and oxygen atoms in total. The summed E-state index contributed by atoms with van der Waals surface area (Å²) in [6, 6.07) is 11.3. The third kappa shape index (κ3) is 4.88. The lowest BCUT2D eigenvalue weighted by atomic mass is 10.2. The van der Waals surface area contributed by atoms with Crippen LogP contribution in [-0.4, -0.2) is 48.5 Å². The molecular formula is C17H19BrN2O3S. The van der Waals surface area contributed by atoms with Gasteiger partial charge in [-0.15, -0.1) is 11.8 Å². The maximum absolute atomic E-state index is 12.3. The average molecular weight is 411 g/mol. The molecule has 1 aromatic carbocycles. The van der Waals surface area contributed by atoms with Crippen molar-refractivity contribution in [1.82, 2.24) is 9.80 Å². The Kier molecular flexibility index (Phi) is 6.51. The number of nitrogens with zero attached hydrogens (tertiary/aromatic N) is 2.